The molecule has 0 radical (unpaired) electrons. The Hall–Kier alpha value is -2.27. The summed E-state index contributed by atoms with van der Waals surface area (Å²) in [6.07, 6.45) is 1.82. The zero-order valence-electron chi connectivity index (χ0n) is 19.7. The summed E-state index contributed by atoms with van der Waals surface area (Å²) in [6, 6.07) is 9.92. The van der Waals surface area contributed by atoms with Crippen LogP contribution < -0.4 is 9.64 Å². The number of rotatable bonds is 11. The van der Waals surface area contributed by atoms with Crippen LogP contribution >= 0.6 is 23.1 Å². The van der Waals surface area contributed by atoms with Gasteiger partial charge in [0.15, 0.2) is 10.9 Å². The lowest BCUT2D eigenvalue weighted by atomic mass is 10.2. The Balaban J connectivity index is 1.38. The van der Waals surface area contributed by atoms with Crippen LogP contribution in [0, 0.1) is 11.6 Å². The molecule has 35 heavy (non-hydrogen) atoms. The van der Waals surface area contributed by atoms with E-state index in [2.05, 4.69) is 9.88 Å². The quantitative estimate of drug-likeness (QED) is 0.255. The van der Waals surface area contributed by atoms with Crippen molar-refractivity contribution in [2.24, 2.45) is 0 Å². The SMILES string of the molecule is COc1ccc(SCCCC(=O)N(CCCN2CCOCC2)c2nc3c(F)cc(F)cc3s2)cc1. The van der Waals surface area contributed by atoms with Gasteiger partial charge < -0.3 is 9.47 Å². The van der Waals surface area contributed by atoms with E-state index in [0.717, 1.165) is 73.1 Å². The molecule has 4 rings (SSSR count). The molecule has 188 valence electrons. The summed E-state index contributed by atoms with van der Waals surface area (Å²) in [4.78, 5) is 22.6. The molecule has 6 nitrogen and oxygen atoms in total. The van der Waals surface area contributed by atoms with Gasteiger partial charge >= 0.3 is 0 Å². The van der Waals surface area contributed by atoms with Crippen molar-refractivity contribution in [2.45, 2.75) is 24.2 Å². The number of anilines is 1. The molecule has 0 N–H and O–H groups in total. The highest BCUT2D eigenvalue weighted by Crippen LogP contribution is 2.32. The van der Waals surface area contributed by atoms with E-state index >= 15 is 0 Å². The normalized spacial score (nSPS) is 14.4. The second-order valence-corrected chi connectivity index (χ2v) is 10.4. The van der Waals surface area contributed by atoms with Crippen molar-refractivity contribution < 1.29 is 23.0 Å². The Morgan fingerprint density at radius 1 is 1.20 bits per heavy atom. The maximum Gasteiger partial charge on any atom is 0.228 e. The van der Waals surface area contributed by atoms with Crippen LogP contribution in [0.5, 0.6) is 5.75 Å². The van der Waals surface area contributed by atoms with Gasteiger partial charge in [-0.15, -0.1) is 11.8 Å². The van der Waals surface area contributed by atoms with Crippen LogP contribution in [0.3, 0.4) is 0 Å². The minimum Gasteiger partial charge on any atom is -0.497 e. The minimum absolute atomic E-state index is 0.0535. The van der Waals surface area contributed by atoms with E-state index in [4.69, 9.17) is 9.47 Å². The first kappa shape index (κ1) is 25.8. The number of nitrogens with zero attached hydrogens (tertiary/aromatic N) is 3. The summed E-state index contributed by atoms with van der Waals surface area (Å²) in [5.74, 6) is 0.191. The average Bonchev–Trinajstić information content (AvgIpc) is 3.29. The molecular formula is C25H29F2N3O3S2. The molecule has 10 heteroatoms. The summed E-state index contributed by atoms with van der Waals surface area (Å²) in [7, 11) is 1.64. The number of halogens is 2. The molecule has 0 atom stereocenters. The van der Waals surface area contributed by atoms with Crippen LogP contribution in [0.25, 0.3) is 10.2 Å². The largest absolute Gasteiger partial charge is 0.497 e. The second kappa shape index (κ2) is 12.6. The molecular weight excluding hydrogens is 492 g/mol. The predicted octanol–water partition coefficient (Wildman–Crippen LogP) is 5.21. The number of methoxy groups -OCH3 is 1. The van der Waals surface area contributed by atoms with Gasteiger partial charge in [-0.2, -0.15) is 0 Å². The summed E-state index contributed by atoms with van der Waals surface area (Å²) in [5.41, 5.74) is 0.104. The number of thiazole rings is 1. The van der Waals surface area contributed by atoms with Crippen LogP contribution in [0.4, 0.5) is 13.9 Å². The molecule has 0 unspecified atom stereocenters. The number of benzene rings is 2. The first-order chi connectivity index (χ1) is 17.0. The van der Waals surface area contributed by atoms with Crippen LogP contribution in [-0.4, -0.2) is 68.0 Å². The number of fused-ring (bicyclic) bond motifs is 1. The van der Waals surface area contributed by atoms with Crippen LogP contribution in [0.2, 0.25) is 0 Å². The van der Waals surface area contributed by atoms with E-state index in [9.17, 15) is 13.6 Å². The molecule has 1 aromatic heterocycles. The molecule has 0 aliphatic carbocycles. The number of ether oxygens (including phenoxy) is 2. The molecule has 1 amide bonds. The zero-order valence-corrected chi connectivity index (χ0v) is 21.3. The number of carbonyl (C=O) groups is 1. The smallest absolute Gasteiger partial charge is 0.228 e. The summed E-state index contributed by atoms with van der Waals surface area (Å²) in [5, 5.41) is 0.416. The monoisotopic (exact) mass is 521 g/mol. The number of amides is 1. The standard InChI is InChI=1S/C25H29F2N3O3S2/c1-32-19-5-7-20(8-6-19)34-15-2-4-23(31)30(10-3-9-29-11-13-33-14-12-29)25-28-24-21(27)16-18(26)17-22(24)35-25/h5-8,16-17H,2-4,9-15H2,1H3. The third-order valence-corrected chi connectivity index (χ3v) is 7.88. The van der Waals surface area contributed by atoms with Gasteiger partial charge in [0.2, 0.25) is 5.91 Å². The Kier molecular flexibility index (Phi) is 9.31. The first-order valence-electron chi connectivity index (χ1n) is 11.7. The van der Waals surface area contributed by atoms with Gasteiger partial charge in [-0.25, -0.2) is 13.8 Å². The van der Waals surface area contributed by atoms with Gasteiger partial charge in [-0.1, -0.05) is 11.3 Å². The number of aromatic nitrogens is 1. The topological polar surface area (TPSA) is 54.9 Å². The molecule has 2 heterocycles. The molecule has 3 aromatic rings. The lowest BCUT2D eigenvalue weighted by Gasteiger charge is -2.27. The molecule has 0 bridgehead atoms. The van der Waals surface area contributed by atoms with E-state index in [-0.39, 0.29) is 11.4 Å². The average molecular weight is 522 g/mol. The van der Waals surface area contributed by atoms with Crippen molar-refractivity contribution >= 4 is 44.4 Å². The third kappa shape index (κ3) is 7.13. The summed E-state index contributed by atoms with van der Waals surface area (Å²) >= 11 is 2.83. The predicted molar refractivity (Wildman–Crippen MR) is 137 cm³/mol. The molecule has 2 aromatic carbocycles. The lowest BCUT2D eigenvalue weighted by molar-refractivity contribution is -0.118. The van der Waals surface area contributed by atoms with Gasteiger partial charge in [-0.05, 0) is 48.9 Å². The Morgan fingerprint density at radius 3 is 2.71 bits per heavy atom. The van der Waals surface area contributed by atoms with Crippen molar-refractivity contribution in [1.29, 1.82) is 0 Å². The highest BCUT2D eigenvalue weighted by molar-refractivity contribution is 7.99. The third-order valence-electron chi connectivity index (χ3n) is 5.76. The van der Waals surface area contributed by atoms with Crippen molar-refractivity contribution in [1.82, 2.24) is 9.88 Å². The minimum atomic E-state index is -0.709. The van der Waals surface area contributed by atoms with E-state index < -0.39 is 11.6 Å². The van der Waals surface area contributed by atoms with Gasteiger partial charge in [0.1, 0.15) is 17.1 Å². The summed E-state index contributed by atoms with van der Waals surface area (Å²) in [6.45, 7) is 4.51. The van der Waals surface area contributed by atoms with E-state index in [1.807, 2.05) is 24.3 Å². The molecule has 1 fully saturated rings. The maximum absolute atomic E-state index is 14.2. The Morgan fingerprint density at radius 2 is 1.97 bits per heavy atom. The van der Waals surface area contributed by atoms with Crippen LogP contribution in [0.1, 0.15) is 19.3 Å². The molecule has 0 saturated carbocycles. The van der Waals surface area contributed by atoms with Crippen LogP contribution in [0.15, 0.2) is 41.3 Å². The van der Waals surface area contributed by atoms with E-state index in [1.54, 1.807) is 23.8 Å². The molecule has 0 spiro atoms. The zero-order chi connectivity index (χ0) is 24.6. The first-order valence-corrected chi connectivity index (χ1v) is 13.5. The molecule has 1 aliphatic heterocycles. The number of morpholine rings is 1. The summed E-state index contributed by atoms with van der Waals surface area (Å²) < 4.78 is 38.9. The van der Waals surface area contributed by atoms with Gasteiger partial charge in [0, 0.05) is 43.6 Å². The fourth-order valence-electron chi connectivity index (χ4n) is 3.89. The highest BCUT2D eigenvalue weighted by atomic mass is 32.2. The second-order valence-electron chi connectivity index (χ2n) is 8.21. The Labute approximate surface area is 212 Å². The molecule has 1 saturated heterocycles. The van der Waals surface area contributed by atoms with Gasteiger partial charge in [0.05, 0.1) is 25.0 Å². The van der Waals surface area contributed by atoms with Crippen LogP contribution in [-0.2, 0) is 9.53 Å². The van der Waals surface area contributed by atoms with E-state index in [0.29, 0.717) is 29.2 Å². The Bertz CT molecular complexity index is 1120. The van der Waals surface area contributed by atoms with Gasteiger partial charge in [-0.3, -0.25) is 14.6 Å². The highest BCUT2D eigenvalue weighted by Gasteiger charge is 2.21. The van der Waals surface area contributed by atoms with E-state index in [1.165, 1.54) is 6.07 Å². The van der Waals surface area contributed by atoms with Crippen molar-refractivity contribution in [3.63, 3.8) is 0 Å². The fraction of sp³-hybridized carbons (Fsp3) is 0.440. The fourth-order valence-corrected chi connectivity index (χ4v) is 5.79. The van der Waals surface area contributed by atoms with Crippen molar-refractivity contribution in [2.75, 3.05) is 57.2 Å². The number of carbonyl (C=O) groups excluding carboxylic acids is 1. The number of hydrogen-bond acceptors (Lipinski definition) is 7. The van der Waals surface area contributed by atoms with Gasteiger partial charge in [0.25, 0.3) is 0 Å². The number of hydrogen-bond donors (Lipinski definition) is 0. The molecule has 1 aliphatic rings. The van der Waals surface area contributed by atoms with Crippen molar-refractivity contribution in [3.8, 4) is 5.75 Å². The maximum atomic E-state index is 14.2. The number of thioether (sulfide) groups is 1. The van der Waals surface area contributed by atoms with Crippen molar-refractivity contribution in [3.05, 3.63) is 48.0 Å². The lowest BCUT2D eigenvalue weighted by Crippen LogP contribution is -2.39.